The summed E-state index contributed by atoms with van der Waals surface area (Å²) in [6, 6.07) is 3.88. The topological polar surface area (TPSA) is 93.0 Å². The third kappa shape index (κ3) is 4.67. The molecule has 0 atom stereocenters. The number of hydrogen-bond acceptors (Lipinski definition) is 6. The second kappa shape index (κ2) is 9.95. The van der Waals surface area contributed by atoms with Crippen molar-refractivity contribution in [3.05, 3.63) is 51.8 Å². The Morgan fingerprint density at radius 3 is 2.53 bits per heavy atom. The number of esters is 1. The highest BCUT2D eigenvalue weighted by molar-refractivity contribution is 7.18. The highest BCUT2D eigenvalue weighted by Crippen LogP contribution is 2.34. The molecule has 0 unspecified atom stereocenters. The minimum Gasteiger partial charge on any atom is -0.462 e. The van der Waals surface area contributed by atoms with Gasteiger partial charge in [-0.3, -0.25) is 9.59 Å². The first-order chi connectivity index (χ1) is 15.3. The van der Waals surface area contributed by atoms with E-state index in [0.29, 0.717) is 34.2 Å². The molecule has 0 aliphatic carbocycles. The third-order valence-corrected chi connectivity index (χ3v) is 6.39. The fourth-order valence-electron chi connectivity index (χ4n) is 3.53. The average molecular weight is 457 g/mol. The zero-order chi connectivity index (χ0) is 23.4. The highest BCUT2D eigenvalue weighted by atomic mass is 32.1. The molecule has 0 aliphatic rings. The number of fused-ring (bicyclic) bond motifs is 1. The Morgan fingerprint density at radius 1 is 1.19 bits per heavy atom. The first-order valence-corrected chi connectivity index (χ1v) is 11.4. The van der Waals surface area contributed by atoms with Crippen LogP contribution in [0.3, 0.4) is 0 Å². The number of anilines is 1. The molecule has 2 amide bonds. The van der Waals surface area contributed by atoms with Crippen LogP contribution in [0.15, 0.2) is 24.5 Å². The number of aromatic nitrogens is 2. The van der Waals surface area contributed by atoms with Crippen molar-refractivity contribution in [2.24, 2.45) is 0 Å². The monoisotopic (exact) mass is 456 g/mol. The average Bonchev–Trinajstić information content (AvgIpc) is 3.30. The van der Waals surface area contributed by atoms with Crippen LogP contribution in [0, 0.1) is 13.8 Å². The van der Waals surface area contributed by atoms with Crippen LogP contribution in [0.4, 0.5) is 5.00 Å². The Hall–Kier alpha value is -3.20. The molecule has 32 heavy (non-hydrogen) atoms. The molecule has 3 aromatic rings. The van der Waals surface area contributed by atoms with Crippen molar-refractivity contribution in [2.45, 2.75) is 41.0 Å². The van der Waals surface area contributed by atoms with E-state index in [2.05, 4.69) is 10.3 Å². The van der Waals surface area contributed by atoms with Gasteiger partial charge in [0.2, 0.25) is 5.91 Å². The van der Waals surface area contributed by atoms with Crippen molar-refractivity contribution in [1.29, 1.82) is 0 Å². The van der Waals surface area contributed by atoms with Crippen LogP contribution in [-0.2, 0) is 16.0 Å². The molecule has 8 nitrogen and oxygen atoms in total. The molecule has 3 aromatic heterocycles. The van der Waals surface area contributed by atoms with E-state index in [0.717, 1.165) is 22.5 Å². The molecular weight excluding hydrogens is 428 g/mol. The molecule has 0 fully saturated rings. The second-order valence-corrected chi connectivity index (χ2v) is 8.36. The lowest BCUT2D eigenvalue weighted by atomic mass is 10.1. The standard InChI is InChI=1S/C23H28N4O4S/c1-6-26(7-2)22(29)19-15(5)18(23(30)31-8-3)21(32-19)25-17(28)12-16-13-27-11-9-10-14(4)20(27)24-16/h9-11,13H,6-8,12H2,1-5H3,(H,25,28). The molecule has 0 aliphatic heterocycles. The number of aryl methyl sites for hydroxylation is 1. The Balaban J connectivity index is 1.89. The number of nitrogens with zero attached hydrogens (tertiary/aromatic N) is 3. The van der Waals surface area contributed by atoms with E-state index in [1.807, 2.05) is 49.7 Å². The molecule has 9 heteroatoms. The summed E-state index contributed by atoms with van der Waals surface area (Å²) in [4.78, 5) is 45.0. The lowest BCUT2D eigenvalue weighted by Gasteiger charge is -2.18. The summed E-state index contributed by atoms with van der Waals surface area (Å²) in [6.07, 6.45) is 3.73. The van der Waals surface area contributed by atoms with Gasteiger partial charge in [-0.15, -0.1) is 11.3 Å². The van der Waals surface area contributed by atoms with Crippen molar-refractivity contribution < 1.29 is 19.1 Å². The van der Waals surface area contributed by atoms with Gasteiger partial charge in [-0.2, -0.15) is 0 Å². The first kappa shape index (κ1) is 23.5. The van der Waals surface area contributed by atoms with Crippen molar-refractivity contribution in [1.82, 2.24) is 14.3 Å². The maximum atomic E-state index is 12.9. The fourth-order valence-corrected chi connectivity index (χ4v) is 4.71. The van der Waals surface area contributed by atoms with E-state index in [-0.39, 0.29) is 30.4 Å². The first-order valence-electron chi connectivity index (χ1n) is 10.6. The largest absolute Gasteiger partial charge is 0.462 e. The van der Waals surface area contributed by atoms with Crippen LogP contribution in [0.2, 0.25) is 0 Å². The van der Waals surface area contributed by atoms with Gasteiger partial charge in [0, 0.05) is 25.5 Å². The molecule has 3 heterocycles. The number of rotatable bonds is 8. The van der Waals surface area contributed by atoms with Gasteiger partial charge >= 0.3 is 5.97 Å². The third-order valence-electron chi connectivity index (χ3n) is 5.19. The van der Waals surface area contributed by atoms with Crippen molar-refractivity contribution in [2.75, 3.05) is 25.0 Å². The smallest absolute Gasteiger partial charge is 0.341 e. The van der Waals surface area contributed by atoms with E-state index in [4.69, 9.17) is 4.74 Å². The van der Waals surface area contributed by atoms with Gasteiger partial charge in [0.15, 0.2) is 0 Å². The normalized spacial score (nSPS) is 10.9. The Kier molecular flexibility index (Phi) is 7.29. The summed E-state index contributed by atoms with van der Waals surface area (Å²) < 4.78 is 7.06. The van der Waals surface area contributed by atoms with Gasteiger partial charge in [0.25, 0.3) is 5.91 Å². The van der Waals surface area contributed by atoms with E-state index < -0.39 is 5.97 Å². The summed E-state index contributed by atoms with van der Waals surface area (Å²) in [5.41, 5.74) is 3.16. The molecule has 1 N–H and O–H groups in total. The maximum absolute atomic E-state index is 12.9. The molecule has 0 spiro atoms. The van der Waals surface area contributed by atoms with Gasteiger partial charge in [-0.25, -0.2) is 9.78 Å². The predicted molar refractivity (Wildman–Crippen MR) is 125 cm³/mol. The summed E-state index contributed by atoms with van der Waals surface area (Å²) in [6.45, 7) is 10.5. The highest BCUT2D eigenvalue weighted by Gasteiger charge is 2.28. The lowest BCUT2D eigenvalue weighted by Crippen LogP contribution is -2.30. The van der Waals surface area contributed by atoms with E-state index >= 15 is 0 Å². The molecule has 0 saturated carbocycles. The molecule has 3 rings (SSSR count). The number of imidazole rings is 1. The van der Waals surface area contributed by atoms with Gasteiger partial charge in [-0.05, 0) is 51.8 Å². The van der Waals surface area contributed by atoms with Crippen LogP contribution < -0.4 is 5.32 Å². The van der Waals surface area contributed by atoms with Crippen LogP contribution in [0.1, 0.15) is 57.6 Å². The minimum absolute atomic E-state index is 0.0413. The number of ether oxygens (including phenoxy) is 1. The zero-order valence-corrected chi connectivity index (χ0v) is 19.8. The molecule has 0 bridgehead atoms. The number of amides is 2. The summed E-state index contributed by atoms with van der Waals surface area (Å²) in [7, 11) is 0. The minimum atomic E-state index is -0.557. The number of thiophene rings is 1. The van der Waals surface area contributed by atoms with E-state index in [1.165, 1.54) is 0 Å². The molecule has 170 valence electrons. The van der Waals surface area contributed by atoms with Gasteiger partial charge in [0.1, 0.15) is 10.6 Å². The number of nitrogens with one attached hydrogen (secondary N) is 1. The quantitative estimate of drug-likeness (QED) is 0.520. The van der Waals surface area contributed by atoms with Crippen molar-refractivity contribution >= 4 is 39.8 Å². The van der Waals surface area contributed by atoms with Gasteiger partial charge < -0.3 is 19.4 Å². The lowest BCUT2D eigenvalue weighted by molar-refractivity contribution is -0.115. The molecule has 0 radical (unpaired) electrons. The van der Waals surface area contributed by atoms with Gasteiger partial charge in [0.05, 0.1) is 29.2 Å². The summed E-state index contributed by atoms with van der Waals surface area (Å²) >= 11 is 1.10. The zero-order valence-electron chi connectivity index (χ0n) is 19.0. The Labute approximate surface area is 191 Å². The van der Waals surface area contributed by atoms with Crippen molar-refractivity contribution in [3.8, 4) is 0 Å². The summed E-state index contributed by atoms with van der Waals surface area (Å²) in [5, 5.41) is 3.13. The molecule has 0 aromatic carbocycles. The van der Waals surface area contributed by atoms with Crippen LogP contribution >= 0.6 is 11.3 Å². The van der Waals surface area contributed by atoms with Crippen LogP contribution in [0.5, 0.6) is 0 Å². The predicted octanol–water partition coefficient (Wildman–Crippen LogP) is 3.85. The molecule has 0 saturated heterocycles. The Morgan fingerprint density at radius 2 is 1.91 bits per heavy atom. The maximum Gasteiger partial charge on any atom is 0.341 e. The fraction of sp³-hybridized carbons (Fsp3) is 0.391. The van der Waals surface area contributed by atoms with Crippen LogP contribution in [-0.4, -0.2) is 51.8 Å². The number of pyridine rings is 1. The van der Waals surface area contributed by atoms with Gasteiger partial charge in [-0.1, -0.05) is 6.07 Å². The Bertz CT molecular complexity index is 1160. The summed E-state index contributed by atoms with van der Waals surface area (Å²) in [5.74, 6) is -1.04. The number of hydrogen-bond donors (Lipinski definition) is 1. The van der Waals surface area contributed by atoms with E-state index in [9.17, 15) is 14.4 Å². The SMILES string of the molecule is CCOC(=O)c1c(NC(=O)Cc2cn3cccc(C)c3n2)sc(C(=O)N(CC)CC)c1C. The molecular formula is C23H28N4O4S. The number of carbonyl (C=O) groups is 3. The van der Waals surface area contributed by atoms with Crippen LogP contribution in [0.25, 0.3) is 5.65 Å². The van der Waals surface area contributed by atoms with E-state index in [1.54, 1.807) is 18.7 Å². The number of carbonyl (C=O) groups excluding carboxylic acids is 3. The van der Waals surface area contributed by atoms with Crippen molar-refractivity contribution in [3.63, 3.8) is 0 Å². The second-order valence-electron chi connectivity index (χ2n) is 7.34.